The van der Waals surface area contributed by atoms with Gasteiger partial charge in [-0.05, 0) is 63.7 Å². The van der Waals surface area contributed by atoms with Crippen LogP contribution in [-0.2, 0) is 11.3 Å². The number of fused-ring (bicyclic) bond motifs is 1. The fourth-order valence-corrected chi connectivity index (χ4v) is 4.35. The number of hydrogen-bond acceptors (Lipinski definition) is 4. The van der Waals surface area contributed by atoms with Gasteiger partial charge in [-0.3, -0.25) is 14.4 Å². The topological polar surface area (TPSA) is 83.4 Å². The highest BCUT2D eigenvalue weighted by Crippen LogP contribution is 2.21. The first-order valence-corrected chi connectivity index (χ1v) is 11.3. The van der Waals surface area contributed by atoms with Crippen LogP contribution in [-0.4, -0.2) is 53.0 Å². The first-order valence-electron chi connectivity index (χ1n) is 11.3. The minimum atomic E-state index is -0.0972. The van der Waals surface area contributed by atoms with E-state index in [0.717, 1.165) is 36.8 Å². The van der Waals surface area contributed by atoms with Crippen LogP contribution in [0.15, 0.2) is 29.1 Å². The van der Waals surface area contributed by atoms with Gasteiger partial charge in [-0.25, -0.2) is 0 Å². The summed E-state index contributed by atoms with van der Waals surface area (Å²) in [5.74, 6) is -0.0565. The highest BCUT2D eigenvalue weighted by atomic mass is 16.2. The number of rotatable bonds is 7. The van der Waals surface area contributed by atoms with Crippen LogP contribution in [0.3, 0.4) is 0 Å². The van der Waals surface area contributed by atoms with E-state index in [-0.39, 0.29) is 29.5 Å². The molecule has 31 heavy (non-hydrogen) atoms. The summed E-state index contributed by atoms with van der Waals surface area (Å²) in [6.07, 6.45) is 2.45. The molecule has 1 fully saturated rings. The quantitative estimate of drug-likeness (QED) is 0.712. The number of carbonyl (C=O) groups excluding carboxylic acids is 2. The second-order valence-electron chi connectivity index (χ2n) is 8.57. The summed E-state index contributed by atoms with van der Waals surface area (Å²) < 4.78 is 1.67. The Hall–Kier alpha value is -2.67. The van der Waals surface area contributed by atoms with Crippen LogP contribution >= 0.6 is 0 Å². The zero-order chi connectivity index (χ0) is 22.5. The lowest BCUT2D eigenvalue weighted by Crippen LogP contribution is -2.51. The lowest BCUT2D eigenvalue weighted by atomic mass is 10.0. The lowest BCUT2D eigenvalue weighted by Gasteiger charge is -2.37. The molecule has 7 nitrogen and oxygen atoms in total. The minimum absolute atomic E-state index is 0.00976. The zero-order valence-electron chi connectivity index (χ0n) is 19.0. The Morgan fingerprint density at radius 2 is 2.06 bits per heavy atom. The molecule has 1 atom stereocenters. The number of amides is 2. The first-order chi connectivity index (χ1) is 14.8. The summed E-state index contributed by atoms with van der Waals surface area (Å²) in [5.41, 5.74) is 1.85. The molecular weight excluding hydrogens is 392 g/mol. The molecule has 1 saturated heterocycles. The van der Waals surface area contributed by atoms with E-state index in [1.165, 1.54) is 0 Å². The van der Waals surface area contributed by atoms with Crippen LogP contribution < -0.4 is 16.2 Å². The average molecular weight is 427 g/mol. The summed E-state index contributed by atoms with van der Waals surface area (Å²) in [6, 6.07) is 7.69. The third-order valence-electron chi connectivity index (χ3n) is 5.96. The van der Waals surface area contributed by atoms with Crippen molar-refractivity contribution in [2.45, 2.75) is 65.6 Å². The molecule has 1 aliphatic rings. The molecule has 1 unspecified atom stereocenters. The van der Waals surface area contributed by atoms with Gasteiger partial charge >= 0.3 is 0 Å². The summed E-state index contributed by atoms with van der Waals surface area (Å²) in [4.78, 5) is 39.9. The Bertz CT molecular complexity index is 1010. The lowest BCUT2D eigenvalue weighted by molar-refractivity contribution is -0.120. The maximum absolute atomic E-state index is 13.5. The number of nitrogens with zero attached hydrogens (tertiary/aromatic N) is 2. The average Bonchev–Trinajstić information content (AvgIpc) is 2.76. The molecule has 1 aromatic carbocycles. The highest BCUT2D eigenvalue weighted by molar-refractivity contribution is 5.98. The van der Waals surface area contributed by atoms with Gasteiger partial charge in [-0.1, -0.05) is 13.0 Å². The van der Waals surface area contributed by atoms with Gasteiger partial charge in [0, 0.05) is 49.3 Å². The molecule has 2 aromatic rings. The van der Waals surface area contributed by atoms with E-state index >= 15 is 0 Å². The molecule has 0 bridgehead atoms. The van der Waals surface area contributed by atoms with E-state index in [2.05, 4.69) is 10.6 Å². The van der Waals surface area contributed by atoms with Crippen LogP contribution in [0.5, 0.6) is 0 Å². The smallest absolute Gasteiger partial charge is 0.254 e. The molecule has 0 aliphatic carbocycles. The summed E-state index contributed by atoms with van der Waals surface area (Å²) in [6.45, 7) is 10.2. The SMILES string of the molecule is CCC(=O)NCCn1c(=O)c(C)cc2ccc(C(=O)N(C(C)C)C3CCCNC3)cc21. The number of hydrogen-bond donors (Lipinski definition) is 2. The molecule has 0 radical (unpaired) electrons. The van der Waals surface area contributed by atoms with Crippen molar-refractivity contribution < 1.29 is 9.59 Å². The zero-order valence-corrected chi connectivity index (χ0v) is 19.0. The molecule has 0 saturated carbocycles. The summed E-state index contributed by atoms with van der Waals surface area (Å²) >= 11 is 0. The number of pyridine rings is 1. The number of benzene rings is 1. The maximum Gasteiger partial charge on any atom is 0.254 e. The maximum atomic E-state index is 13.5. The van der Waals surface area contributed by atoms with E-state index in [4.69, 9.17) is 0 Å². The summed E-state index contributed by atoms with van der Waals surface area (Å²) in [7, 11) is 0. The van der Waals surface area contributed by atoms with Gasteiger partial charge in [0.2, 0.25) is 5.91 Å². The molecule has 2 amide bonds. The van der Waals surface area contributed by atoms with Gasteiger partial charge in [-0.2, -0.15) is 0 Å². The van der Waals surface area contributed by atoms with Gasteiger partial charge in [0.05, 0.1) is 5.52 Å². The molecule has 168 valence electrons. The van der Waals surface area contributed by atoms with Gasteiger partial charge in [0.1, 0.15) is 0 Å². The van der Waals surface area contributed by atoms with Crippen molar-refractivity contribution in [2.75, 3.05) is 19.6 Å². The predicted molar refractivity (Wildman–Crippen MR) is 123 cm³/mol. The first kappa shape index (κ1) is 23.0. The van der Waals surface area contributed by atoms with Crippen LogP contribution in [0.25, 0.3) is 10.9 Å². The van der Waals surface area contributed by atoms with E-state index in [9.17, 15) is 14.4 Å². The van der Waals surface area contributed by atoms with Gasteiger partial charge < -0.3 is 20.1 Å². The van der Waals surface area contributed by atoms with Crippen molar-refractivity contribution in [1.29, 1.82) is 0 Å². The van der Waals surface area contributed by atoms with E-state index in [1.54, 1.807) is 18.4 Å². The highest BCUT2D eigenvalue weighted by Gasteiger charge is 2.28. The van der Waals surface area contributed by atoms with Crippen LogP contribution in [0.1, 0.15) is 56.0 Å². The Balaban J connectivity index is 1.97. The van der Waals surface area contributed by atoms with Crippen LogP contribution in [0.4, 0.5) is 0 Å². The van der Waals surface area contributed by atoms with Gasteiger partial charge in [0.25, 0.3) is 11.5 Å². The largest absolute Gasteiger partial charge is 0.354 e. The number of carbonyl (C=O) groups is 2. The Morgan fingerprint density at radius 3 is 2.71 bits per heavy atom. The predicted octanol–water partition coefficient (Wildman–Crippen LogP) is 2.44. The third-order valence-corrected chi connectivity index (χ3v) is 5.96. The third kappa shape index (κ3) is 5.15. The monoisotopic (exact) mass is 426 g/mol. The van der Waals surface area contributed by atoms with Gasteiger partial charge in [0.15, 0.2) is 0 Å². The van der Waals surface area contributed by atoms with Crippen LogP contribution in [0.2, 0.25) is 0 Å². The standard InChI is InChI=1S/C24H34N4O3/c1-5-22(29)26-11-12-27-21-14-19(9-8-18(21)13-17(4)23(27)30)24(31)28(16(2)3)20-7-6-10-25-15-20/h8-9,13-14,16,20,25H,5-7,10-12,15H2,1-4H3,(H,26,29). The normalized spacial score (nSPS) is 16.5. The van der Waals surface area contributed by atoms with Crippen molar-refractivity contribution >= 4 is 22.7 Å². The molecule has 2 N–H and O–H groups in total. The molecule has 2 heterocycles. The number of nitrogens with one attached hydrogen (secondary N) is 2. The second-order valence-corrected chi connectivity index (χ2v) is 8.57. The molecule has 3 rings (SSSR count). The van der Waals surface area contributed by atoms with Crippen LogP contribution in [0, 0.1) is 6.92 Å². The van der Waals surface area contributed by atoms with Crippen molar-refractivity contribution in [3.63, 3.8) is 0 Å². The molecule has 1 aromatic heterocycles. The molecule has 1 aliphatic heterocycles. The number of aryl methyl sites for hydroxylation is 1. The minimum Gasteiger partial charge on any atom is -0.354 e. The summed E-state index contributed by atoms with van der Waals surface area (Å²) in [5, 5.41) is 7.13. The fourth-order valence-electron chi connectivity index (χ4n) is 4.35. The Labute approximate surface area is 183 Å². The Morgan fingerprint density at radius 1 is 1.29 bits per heavy atom. The van der Waals surface area contributed by atoms with E-state index in [0.29, 0.717) is 30.6 Å². The molecule has 0 spiro atoms. The molecule has 7 heteroatoms. The molecular formula is C24H34N4O3. The van der Waals surface area contributed by atoms with Crippen molar-refractivity contribution in [2.24, 2.45) is 0 Å². The van der Waals surface area contributed by atoms with E-state index in [1.807, 2.05) is 43.0 Å². The number of piperidine rings is 1. The van der Waals surface area contributed by atoms with Crippen molar-refractivity contribution in [3.8, 4) is 0 Å². The van der Waals surface area contributed by atoms with E-state index < -0.39 is 0 Å². The van der Waals surface area contributed by atoms with Crippen molar-refractivity contribution in [1.82, 2.24) is 20.1 Å². The second kappa shape index (κ2) is 10.1. The fraction of sp³-hybridized carbons (Fsp3) is 0.542. The van der Waals surface area contributed by atoms with Gasteiger partial charge in [-0.15, -0.1) is 0 Å². The number of aromatic nitrogens is 1. The Kier molecular flexibility index (Phi) is 7.49. The van der Waals surface area contributed by atoms with Crippen molar-refractivity contribution in [3.05, 3.63) is 45.7 Å².